The van der Waals surface area contributed by atoms with E-state index in [0.29, 0.717) is 6.61 Å². The summed E-state index contributed by atoms with van der Waals surface area (Å²) in [5.74, 6) is 0.862. The second-order valence-corrected chi connectivity index (χ2v) is 7.19. The Bertz CT molecular complexity index is 436. The molecule has 5 heteroatoms. The minimum atomic E-state index is 0.627. The minimum absolute atomic E-state index is 0.627. The first-order valence-corrected chi connectivity index (χ1v) is 8.53. The van der Waals surface area contributed by atoms with E-state index in [-0.39, 0.29) is 0 Å². The Morgan fingerprint density at radius 1 is 1.30 bits per heavy atom. The maximum Gasteiger partial charge on any atom is 0.185 e. The number of aromatic nitrogens is 1. The van der Waals surface area contributed by atoms with Gasteiger partial charge in [0.2, 0.25) is 0 Å². The van der Waals surface area contributed by atoms with Crippen LogP contribution in [0.15, 0.2) is 0 Å². The molecule has 0 amide bonds. The molecule has 0 bridgehead atoms. The van der Waals surface area contributed by atoms with Crippen LogP contribution in [0.5, 0.6) is 0 Å². The second kappa shape index (κ2) is 6.41. The summed E-state index contributed by atoms with van der Waals surface area (Å²) in [6.07, 6.45) is 5.23. The van der Waals surface area contributed by atoms with Crippen molar-refractivity contribution in [3.8, 4) is 0 Å². The molecule has 0 unspecified atom stereocenters. The lowest BCUT2D eigenvalue weighted by atomic mass is 10.00. The molecular formula is C15H25N3OS. The van der Waals surface area contributed by atoms with Gasteiger partial charge in [0.05, 0.1) is 12.3 Å². The highest BCUT2D eigenvalue weighted by atomic mass is 32.1. The normalized spacial score (nSPS) is 20.6. The molecule has 3 rings (SSSR count). The number of piperidine rings is 1. The Balaban J connectivity index is 1.68. The van der Waals surface area contributed by atoms with Crippen molar-refractivity contribution in [2.24, 2.45) is 5.92 Å². The molecule has 1 saturated heterocycles. The van der Waals surface area contributed by atoms with E-state index in [9.17, 15) is 0 Å². The zero-order chi connectivity index (χ0) is 13.9. The summed E-state index contributed by atoms with van der Waals surface area (Å²) < 4.78 is 5.31. The molecule has 4 nitrogen and oxygen atoms in total. The average molecular weight is 295 g/mol. The third-order valence-corrected chi connectivity index (χ3v) is 5.39. The van der Waals surface area contributed by atoms with Crippen LogP contribution in [0.1, 0.15) is 43.2 Å². The van der Waals surface area contributed by atoms with E-state index < -0.39 is 0 Å². The number of thiazole rings is 1. The lowest BCUT2D eigenvalue weighted by Crippen LogP contribution is -2.32. The first kappa shape index (κ1) is 14.3. The number of methoxy groups -OCH3 is 1. The van der Waals surface area contributed by atoms with Gasteiger partial charge in [0, 0.05) is 37.7 Å². The van der Waals surface area contributed by atoms with Crippen LogP contribution in [0.3, 0.4) is 0 Å². The van der Waals surface area contributed by atoms with Crippen molar-refractivity contribution < 1.29 is 4.74 Å². The average Bonchev–Trinajstić information content (AvgIpc) is 3.19. The van der Waals surface area contributed by atoms with E-state index in [1.165, 1.54) is 35.7 Å². The SMILES string of the molecule is COCc1nc(N2CCC(C)CC2)sc1CNC1CC1. The first-order chi connectivity index (χ1) is 9.76. The molecule has 1 aliphatic carbocycles. The number of hydrogen-bond donors (Lipinski definition) is 1. The molecule has 1 N–H and O–H groups in total. The van der Waals surface area contributed by atoms with Crippen LogP contribution >= 0.6 is 11.3 Å². The molecule has 0 aromatic carbocycles. The smallest absolute Gasteiger partial charge is 0.185 e. The monoisotopic (exact) mass is 295 g/mol. The van der Waals surface area contributed by atoms with Crippen molar-refractivity contribution in [2.45, 2.75) is 51.8 Å². The second-order valence-electron chi connectivity index (χ2n) is 6.12. The molecule has 0 radical (unpaired) electrons. The van der Waals surface area contributed by atoms with Gasteiger partial charge in [-0.1, -0.05) is 6.92 Å². The number of anilines is 1. The highest BCUT2D eigenvalue weighted by molar-refractivity contribution is 7.15. The maximum atomic E-state index is 5.31. The van der Waals surface area contributed by atoms with Gasteiger partial charge in [-0.3, -0.25) is 0 Å². The standard InChI is InChI=1S/C15H25N3OS/c1-11-5-7-18(8-6-11)15-17-13(10-19-2)14(20-15)9-16-12-3-4-12/h11-12,16H,3-10H2,1-2H3. The number of ether oxygens (including phenoxy) is 1. The van der Waals surface area contributed by atoms with Crippen LogP contribution in [-0.4, -0.2) is 31.2 Å². The zero-order valence-corrected chi connectivity index (χ0v) is 13.3. The Morgan fingerprint density at radius 3 is 2.70 bits per heavy atom. The van der Waals surface area contributed by atoms with E-state index >= 15 is 0 Å². The van der Waals surface area contributed by atoms with Gasteiger partial charge >= 0.3 is 0 Å². The predicted molar refractivity (Wildman–Crippen MR) is 83.3 cm³/mol. The molecule has 20 heavy (non-hydrogen) atoms. The topological polar surface area (TPSA) is 37.4 Å². The van der Waals surface area contributed by atoms with Crippen LogP contribution < -0.4 is 10.2 Å². The molecule has 112 valence electrons. The molecule has 0 spiro atoms. The fourth-order valence-electron chi connectivity index (χ4n) is 2.62. The van der Waals surface area contributed by atoms with Crippen molar-refractivity contribution in [3.63, 3.8) is 0 Å². The summed E-state index contributed by atoms with van der Waals surface area (Å²) in [6, 6.07) is 0.742. The van der Waals surface area contributed by atoms with Gasteiger partial charge < -0.3 is 15.0 Å². The number of hydrogen-bond acceptors (Lipinski definition) is 5. The van der Waals surface area contributed by atoms with Crippen molar-refractivity contribution in [1.82, 2.24) is 10.3 Å². The Morgan fingerprint density at radius 2 is 2.05 bits per heavy atom. The van der Waals surface area contributed by atoms with Crippen LogP contribution in [0, 0.1) is 5.92 Å². The van der Waals surface area contributed by atoms with Gasteiger partial charge in [-0.2, -0.15) is 0 Å². The van der Waals surface area contributed by atoms with Crippen molar-refractivity contribution in [3.05, 3.63) is 10.6 Å². The lowest BCUT2D eigenvalue weighted by Gasteiger charge is -2.29. The van der Waals surface area contributed by atoms with Gasteiger partial charge in [-0.15, -0.1) is 11.3 Å². The van der Waals surface area contributed by atoms with Crippen molar-refractivity contribution in [1.29, 1.82) is 0 Å². The van der Waals surface area contributed by atoms with Crippen LogP contribution in [0.4, 0.5) is 5.13 Å². The highest BCUT2D eigenvalue weighted by Gasteiger charge is 2.23. The van der Waals surface area contributed by atoms with Crippen LogP contribution in [-0.2, 0) is 17.9 Å². The van der Waals surface area contributed by atoms with E-state index in [1.807, 2.05) is 11.3 Å². The number of rotatable bonds is 6. The largest absolute Gasteiger partial charge is 0.378 e. The summed E-state index contributed by atoms with van der Waals surface area (Å²) >= 11 is 1.85. The quantitative estimate of drug-likeness (QED) is 0.875. The Kier molecular flexibility index (Phi) is 4.58. The molecule has 1 aliphatic heterocycles. The van der Waals surface area contributed by atoms with Gasteiger partial charge in [-0.25, -0.2) is 4.98 Å². The molecule has 2 fully saturated rings. The summed E-state index contributed by atoms with van der Waals surface area (Å²) in [7, 11) is 1.75. The zero-order valence-electron chi connectivity index (χ0n) is 12.5. The molecule has 2 aliphatic rings. The van der Waals surface area contributed by atoms with Gasteiger partial charge in [0.15, 0.2) is 5.13 Å². The van der Waals surface area contributed by atoms with E-state index in [4.69, 9.17) is 9.72 Å². The van der Waals surface area contributed by atoms with E-state index in [2.05, 4.69) is 17.1 Å². The van der Waals surface area contributed by atoms with Crippen molar-refractivity contribution >= 4 is 16.5 Å². The molecule has 1 aromatic heterocycles. The third-order valence-electron chi connectivity index (χ3n) is 4.23. The first-order valence-electron chi connectivity index (χ1n) is 7.72. The molecule has 0 atom stereocenters. The Hall–Kier alpha value is -0.650. The van der Waals surface area contributed by atoms with E-state index in [0.717, 1.165) is 37.3 Å². The summed E-state index contributed by atoms with van der Waals surface area (Å²) in [5.41, 5.74) is 1.12. The molecular weight excluding hydrogens is 270 g/mol. The van der Waals surface area contributed by atoms with Gasteiger partial charge in [-0.05, 0) is 31.6 Å². The summed E-state index contributed by atoms with van der Waals surface area (Å²) in [5, 5.41) is 4.78. The van der Waals surface area contributed by atoms with Gasteiger partial charge in [0.1, 0.15) is 0 Å². The predicted octanol–water partition coefficient (Wildman–Crippen LogP) is 2.78. The highest BCUT2D eigenvalue weighted by Crippen LogP contribution is 2.31. The van der Waals surface area contributed by atoms with Crippen molar-refractivity contribution in [2.75, 3.05) is 25.1 Å². The van der Waals surface area contributed by atoms with Gasteiger partial charge in [0.25, 0.3) is 0 Å². The maximum absolute atomic E-state index is 5.31. The number of nitrogens with one attached hydrogen (secondary N) is 1. The third kappa shape index (κ3) is 3.51. The van der Waals surface area contributed by atoms with Crippen LogP contribution in [0.2, 0.25) is 0 Å². The fraction of sp³-hybridized carbons (Fsp3) is 0.800. The molecule has 2 heterocycles. The van der Waals surface area contributed by atoms with Crippen LogP contribution in [0.25, 0.3) is 0 Å². The Labute approximate surface area is 125 Å². The number of nitrogens with zero attached hydrogens (tertiary/aromatic N) is 2. The molecule has 1 saturated carbocycles. The lowest BCUT2D eigenvalue weighted by molar-refractivity contribution is 0.181. The van der Waals surface area contributed by atoms with E-state index in [1.54, 1.807) is 7.11 Å². The fourth-order valence-corrected chi connectivity index (χ4v) is 3.68. The molecule has 1 aromatic rings. The summed E-state index contributed by atoms with van der Waals surface area (Å²) in [6.45, 7) is 6.22. The summed E-state index contributed by atoms with van der Waals surface area (Å²) in [4.78, 5) is 8.63. The minimum Gasteiger partial charge on any atom is -0.378 e.